The number of hydrogen-bond donors (Lipinski definition) is 1. The van der Waals surface area contributed by atoms with Crippen molar-refractivity contribution >= 4 is 17.5 Å². The molecule has 2 heterocycles. The van der Waals surface area contributed by atoms with Crippen molar-refractivity contribution in [2.45, 2.75) is 13.3 Å². The Kier molecular flexibility index (Phi) is 2.56. The van der Waals surface area contributed by atoms with Gasteiger partial charge in [-0.3, -0.25) is 0 Å². The molecule has 0 spiro atoms. The maximum Gasteiger partial charge on any atom is 0.231 e. The van der Waals surface area contributed by atoms with Crippen LogP contribution in [0.4, 0.5) is 5.88 Å². The molecular formula is C12H11ClN2O3. The molecule has 6 heteroatoms. The van der Waals surface area contributed by atoms with E-state index in [0.717, 1.165) is 17.5 Å². The zero-order valence-corrected chi connectivity index (χ0v) is 10.5. The lowest BCUT2D eigenvalue weighted by atomic mass is 9.99. The van der Waals surface area contributed by atoms with Crippen molar-refractivity contribution in [3.63, 3.8) is 0 Å². The first kappa shape index (κ1) is 11.2. The molecule has 0 radical (unpaired) electrons. The second kappa shape index (κ2) is 4.10. The molecule has 2 N–H and O–H groups in total. The van der Waals surface area contributed by atoms with E-state index >= 15 is 0 Å². The van der Waals surface area contributed by atoms with Crippen LogP contribution in [0.25, 0.3) is 11.1 Å². The number of ether oxygens (including phenoxy) is 2. The number of aromatic nitrogens is 1. The number of nitrogens with two attached hydrogens (primary N) is 1. The highest BCUT2D eigenvalue weighted by molar-refractivity contribution is 6.33. The Bertz CT molecular complexity index is 610. The largest absolute Gasteiger partial charge is 0.454 e. The first-order valence-electron chi connectivity index (χ1n) is 5.53. The van der Waals surface area contributed by atoms with Gasteiger partial charge in [0.25, 0.3) is 0 Å². The minimum atomic E-state index is 0.181. The summed E-state index contributed by atoms with van der Waals surface area (Å²) < 4.78 is 15.6. The molecule has 1 aromatic heterocycles. The van der Waals surface area contributed by atoms with E-state index in [9.17, 15) is 0 Å². The topological polar surface area (TPSA) is 70.5 Å². The summed E-state index contributed by atoms with van der Waals surface area (Å²) in [6.45, 7) is 2.19. The van der Waals surface area contributed by atoms with Crippen LogP contribution in [-0.4, -0.2) is 11.9 Å². The number of fused-ring (bicyclic) bond motifs is 1. The molecule has 0 atom stereocenters. The molecule has 1 aliphatic heterocycles. The zero-order valence-electron chi connectivity index (χ0n) is 9.70. The van der Waals surface area contributed by atoms with E-state index in [-0.39, 0.29) is 12.7 Å². The molecule has 1 aliphatic rings. The van der Waals surface area contributed by atoms with Crippen molar-refractivity contribution in [2.24, 2.45) is 0 Å². The Labute approximate surface area is 108 Å². The molecule has 0 saturated carbocycles. The lowest BCUT2D eigenvalue weighted by molar-refractivity contribution is 0.174. The summed E-state index contributed by atoms with van der Waals surface area (Å²) in [6.07, 6.45) is 2.32. The van der Waals surface area contributed by atoms with Crippen molar-refractivity contribution in [3.05, 3.63) is 22.8 Å². The summed E-state index contributed by atoms with van der Waals surface area (Å²) in [5.74, 6) is 1.47. The maximum absolute atomic E-state index is 6.33. The third-order valence-electron chi connectivity index (χ3n) is 2.95. The molecule has 94 valence electrons. The fourth-order valence-corrected chi connectivity index (χ4v) is 2.46. The van der Waals surface area contributed by atoms with Crippen LogP contribution in [0.1, 0.15) is 12.5 Å². The minimum Gasteiger partial charge on any atom is -0.454 e. The first-order valence-corrected chi connectivity index (χ1v) is 5.91. The number of anilines is 1. The highest BCUT2D eigenvalue weighted by Crippen LogP contribution is 2.46. The smallest absolute Gasteiger partial charge is 0.231 e. The number of hydrogen-bond acceptors (Lipinski definition) is 5. The van der Waals surface area contributed by atoms with Crippen LogP contribution in [0.15, 0.2) is 16.8 Å². The number of rotatable bonds is 2. The van der Waals surface area contributed by atoms with Crippen molar-refractivity contribution < 1.29 is 14.0 Å². The number of nitrogens with zero attached hydrogens (tertiary/aromatic N) is 1. The number of benzene rings is 1. The Morgan fingerprint density at radius 3 is 2.89 bits per heavy atom. The summed E-state index contributed by atoms with van der Waals surface area (Å²) in [4.78, 5) is 0. The zero-order chi connectivity index (χ0) is 12.7. The lowest BCUT2D eigenvalue weighted by Gasteiger charge is -2.11. The predicted octanol–water partition coefficient (Wildman–Crippen LogP) is 2.87. The van der Waals surface area contributed by atoms with Crippen LogP contribution in [-0.2, 0) is 6.42 Å². The van der Waals surface area contributed by atoms with Crippen LogP contribution >= 0.6 is 11.6 Å². The Hall–Kier alpha value is -1.88. The molecule has 18 heavy (non-hydrogen) atoms. The molecule has 0 fully saturated rings. The van der Waals surface area contributed by atoms with Crippen molar-refractivity contribution in [1.82, 2.24) is 5.16 Å². The lowest BCUT2D eigenvalue weighted by Crippen LogP contribution is -1.93. The number of nitrogen functional groups attached to an aromatic ring is 1. The van der Waals surface area contributed by atoms with E-state index in [4.69, 9.17) is 31.3 Å². The SMILES string of the molecule is CCc1c(-c2cnoc2N)cc2c(c1Cl)OCO2. The van der Waals surface area contributed by atoms with Gasteiger partial charge in [-0.1, -0.05) is 23.7 Å². The normalized spacial score (nSPS) is 13.0. The molecule has 0 bridgehead atoms. The second-order valence-electron chi connectivity index (χ2n) is 3.91. The molecule has 1 aromatic carbocycles. The average Bonchev–Trinajstić information content (AvgIpc) is 2.97. The van der Waals surface area contributed by atoms with Gasteiger partial charge in [0, 0.05) is 0 Å². The molecular weight excluding hydrogens is 256 g/mol. The van der Waals surface area contributed by atoms with E-state index in [0.29, 0.717) is 22.1 Å². The summed E-state index contributed by atoms with van der Waals surface area (Å²) in [5.41, 5.74) is 8.27. The first-order chi connectivity index (χ1) is 8.72. The van der Waals surface area contributed by atoms with Crippen LogP contribution in [0.2, 0.25) is 5.02 Å². The van der Waals surface area contributed by atoms with Gasteiger partial charge < -0.3 is 19.7 Å². The minimum absolute atomic E-state index is 0.181. The fourth-order valence-electron chi connectivity index (χ4n) is 2.08. The summed E-state index contributed by atoms with van der Waals surface area (Å²) in [7, 11) is 0. The molecule has 5 nitrogen and oxygen atoms in total. The standard InChI is InChI=1S/C12H11ClN2O3/c1-2-6-7(8-4-15-18-12(8)14)3-9-11(10(6)13)17-5-16-9/h3-4H,2,5,14H2,1H3. The van der Waals surface area contributed by atoms with E-state index in [1.165, 1.54) is 0 Å². The van der Waals surface area contributed by atoms with Crippen molar-refractivity contribution in [1.29, 1.82) is 0 Å². The average molecular weight is 267 g/mol. The van der Waals surface area contributed by atoms with Gasteiger partial charge in [-0.15, -0.1) is 0 Å². The highest BCUT2D eigenvalue weighted by Gasteiger charge is 2.24. The number of halogens is 1. The quantitative estimate of drug-likeness (QED) is 0.905. The molecule has 2 aromatic rings. The van der Waals surface area contributed by atoms with Gasteiger partial charge in [0.2, 0.25) is 12.7 Å². The fraction of sp³-hybridized carbons (Fsp3) is 0.250. The van der Waals surface area contributed by atoms with Gasteiger partial charge in [-0.2, -0.15) is 0 Å². The third kappa shape index (κ3) is 1.51. The van der Waals surface area contributed by atoms with Crippen LogP contribution in [0, 0.1) is 0 Å². The maximum atomic E-state index is 6.33. The van der Waals surface area contributed by atoms with Gasteiger partial charge >= 0.3 is 0 Å². The Morgan fingerprint density at radius 2 is 2.22 bits per heavy atom. The van der Waals surface area contributed by atoms with E-state index in [1.807, 2.05) is 13.0 Å². The molecule has 0 saturated heterocycles. The van der Waals surface area contributed by atoms with Crippen molar-refractivity contribution in [2.75, 3.05) is 12.5 Å². The molecule has 0 amide bonds. The predicted molar refractivity (Wildman–Crippen MR) is 66.9 cm³/mol. The third-order valence-corrected chi connectivity index (χ3v) is 3.35. The van der Waals surface area contributed by atoms with Crippen LogP contribution in [0.5, 0.6) is 11.5 Å². The highest BCUT2D eigenvalue weighted by atomic mass is 35.5. The van der Waals surface area contributed by atoms with Crippen molar-refractivity contribution in [3.8, 4) is 22.6 Å². The molecule has 3 rings (SSSR count). The van der Waals surface area contributed by atoms with Gasteiger partial charge in [0.05, 0.1) is 16.8 Å². The van der Waals surface area contributed by atoms with Crippen LogP contribution in [0.3, 0.4) is 0 Å². The van der Waals surface area contributed by atoms with E-state index in [2.05, 4.69) is 5.16 Å². The summed E-state index contributed by atoms with van der Waals surface area (Å²) in [5, 5.41) is 4.24. The monoisotopic (exact) mass is 266 g/mol. The Balaban J connectivity index is 2.27. The van der Waals surface area contributed by atoms with Gasteiger partial charge in [-0.05, 0) is 23.6 Å². The Morgan fingerprint density at radius 1 is 1.39 bits per heavy atom. The van der Waals surface area contributed by atoms with E-state index < -0.39 is 0 Å². The van der Waals surface area contributed by atoms with Gasteiger partial charge in [0.15, 0.2) is 11.5 Å². The van der Waals surface area contributed by atoms with E-state index in [1.54, 1.807) is 6.20 Å². The summed E-state index contributed by atoms with van der Waals surface area (Å²) >= 11 is 6.33. The molecule has 0 aliphatic carbocycles. The molecule has 0 unspecified atom stereocenters. The van der Waals surface area contributed by atoms with Gasteiger partial charge in [0.1, 0.15) is 0 Å². The van der Waals surface area contributed by atoms with Gasteiger partial charge in [-0.25, -0.2) is 0 Å². The summed E-state index contributed by atoms with van der Waals surface area (Å²) in [6, 6.07) is 1.86. The van der Waals surface area contributed by atoms with Crippen LogP contribution < -0.4 is 15.2 Å². The second-order valence-corrected chi connectivity index (χ2v) is 4.29.